The highest BCUT2D eigenvalue weighted by Gasteiger charge is 2.28. The number of nitrogens with two attached hydrogens (primary N) is 1. The first-order valence-electron chi connectivity index (χ1n) is 9.79. The molecule has 0 amide bonds. The predicted octanol–water partition coefficient (Wildman–Crippen LogP) is 4.09. The molecular formula is C23H20FN7. The Kier molecular flexibility index (Phi) is 4.28. The topological polar surface area (TPSA) is 85.8 Å². The molecule has 0 saturated heterocycles. The van der Waals surface area contributed by atoms with Crippen LogP contribution in [0.1, 0.15) is 22.5 Å². The highest BCUT2D eigenvalue weighted by Crippen LogP contribution is 2.39. The number of allylic oxidation sites excluding steroid dienone is 1. The summed E-state index contributed by atoms with van der Waals surface area (Å²) in [4.78, 5) is 14.8. The molecule has 0 radical (unpaired) electrons. The molecule has 5 rings (SSSR count). The Bertz CT molecular complexity index is 1390. The largest absolute Gasteiger partial charge is 0.383 e. The lowest BCUT2D eigenvalue weighted by atomic mass is 9.98. The molecule has 0 unspecified atom stereocenters. The number of hydrogen-bond donors (Lipinski definition) is 1. The zero-order chi connectivity index (χ0) is 21.7. The van der Waals surface area contributed by atoms with Crippen LogP contribution in [0.4, 0.5) is 15.9 Å². The summed E-state index contributed by atoms with van der Waals surface area (Å²) in [6.45, 7) is 8.47. The molecule has 2 N–H and O–H groups in total. The van der Waals surface area contributed by atoms with E-state index in [1.807, 2.05) is 30.9 Å². The maximum Gasteiger partial charge on any atom is 0.163 e. The molecule has 0 atom stereocenters. The summed E-state index contributed by atoms with van der Waals surface area (Å²) in [6, 6.07) is 8.56. The number of anilines is 2. The van der Waals surface area contributed by atoms with Gasteiger partial charge in [-0.1, -0.05) is 18.7 Å². The van der Waals surface area contributed by atoms with Gasteiger partial charge < -0.3 is 10.6 Å². The van der Waals surface area contributed by atoms with E-state index in [0.29, 0.717) is 34.8 Å². The second kappa shape index (κ2) is 7.02. The van der Waals surface area contributed by atoms with Crippen molar-refractivity contribution in [1.29, 1.82) is 0 Å². The number of nitrogen functional groups attached to an aromatic ring is 1. The highest BCUT2D eigenvalue weighted by molar-refractivity contribution is 5.92. The zero-order valence-electron chi connectivity index (χ0n) is 17.2. The van der Waals surface area contributed by atoms with E-state index in [4.69, 9.17) is 5.73 Å². The average Bonchev–Trinajstić information content (AvgIpc) is 3.05. The van der Waals surface area contributed by atoms with E-state index in [0.717, 1.165) is 28.2 Å². The number of aryl methyl sites for hydroxylation is 2. The summed E-state index contributed by atoms with van der Waals surface area (Å²) in [7, 11) is 0. The Morgan fingerprint density at radius 2 is 1.90 bits per heavy atom. The van der Waals surface area contributed by atoms with E-state index in [9.17, 15) is 4.39 Å². The normalized spacial score (nSPS) is 13.5. The lowest BCUT2D eigenvalue weighted by Gasteiger charge is -2.34. The summed E-state index contributed by atoms with van der Waals surface area (Å²) in [6.07, 6.45) is 5.12. The van der Waals surface area contributed by atoms with E-state index in [2.05, 4.69) is 26.6 Å². The number of hydrogen-bond acceptors (Lipinski definition) is 6. The van der Waals surface area contributed by atoms with Crippen LogP contribution in [0.5, 0.6) is 0 Å². The molecule has 1 aliphatic rings. The van der Waals surface area contributed by atoms with Gasteiger partial charge in [-0.3, -0.25) is 4.98 Å². The number of rotatable bonds is 3. The maximum absolute atomic E-state index is 14.9. The Hall–Kier alpha value is -4.07. The first-order valence-corrected chi connectivity index (χ1v) is 9.79. The van der Waals surface area contributed by atoms with E-state index in [1.165, 1.54) is 12.4 Å². The van der Waals surface area contributed by atoms with E-state index < -0.39 is 0 Å². The van der Waals surface area contributed by atoms with E-state index >= 15 is 0 Å². The molecule has 1 aliphatic heterocycles. The second-order valence-corrected chi connectivity index (χ2v) is 7.46. The van der Waals surface area contributed by atoms with Crippen molar-refractivity contribution >= 4 is 34.3 Å². The Balaban J connectivity index is 1.70. The van der Waals surface area contributed by atoms with Gasteiger partial charge in [-0.2, -0.15) is 5.10 Å². The minimum absolute atomic E-state index is 0.323. The van der Waals surface area contributed by atoms with Crippen molar-refractivity contribution in [2.75, 3.05) is 10.6 Å². The quantitative estimate of drug-likeness (QED) is 0.544. The van der Waals surface area contributed by atoms with Crippen LogP contribution in [0.3, 0.4) is 0 Å². The number of pyridine rings is 1. The molecule has 0 fully saturated rings. The van der Waals surface area contributed by atoms with E-state index in [1.54, 1.807) is 29.1 Å². The summed E-state index contributed by atoms with van der Waals surface area (Å²) in [5.74, 6) is 0.0389. The molecule has 0 aliphatic carbocycles. The molecule has 1 aromatic carbocycles. The smallest absolute Gasteiger partial charge is 0.163 e. The third kappa shape index (κ3) is 2.95. The molecule has 0 spiro atoms. The van der Waals surface area contributed by atoms with Crippen molar-refractivity contribution in [3.8, 4) is 0 Å². The van der Waals surface area contributed by atoms with Crippen LogP contribution in [0.2, 0.25) is 0 Å². The van der Waals surface area contributed by atoms with Crippen LogP contribution in [0.25, 0.3) is 22.8 Å². The Labute approximate surface area is 178 Å². The molecule has 0 saturated carbocycles. The first-order chi connectivity index (χ1) is 15.0. The van der Waals surface area contributed by atoms with Crippen molar-refractivity contribution in [3.63, 3.8) is 0 Å². The molecule has 3 aromatic heterocycles. The van der Waals surface area contributed by atoms with Crippen molar-refractivity contribution < 1.29 is 4.39 Å². The van der Waals surface area contributed by atoms with Gasteiger partial charge in [0.25, 0.3) is 0 Å². The van der Waals surface area contributed by atoms with Gasteiger partial charge in [0.2, 0.25) is 0 Å². The van der Waals surface area contributed by atoms with Crippen molar-refractivity contribution in [2.45, 2.75) is 20.4 Å². The fourth-order valence-corrected chi connectivity index (χ4v) is 4.10. The van der Waals surface area contributed by atoms with Crippen LogP contribution in [0, 0.1) is 19.7 Å². The van der Waals surface area contributed by atoms with Crippen molar-refractivity contribution in [2.24, 2.45) is 0 Å². The summed E-state index contributed by atoms with van der Waals surface area (Å²) >= 11 is 0. The van der Waals surface area contributed by atoms with Crippen LogP contribution in [0.15, 0.2) is 55.1 Å². The van der Waals surface area contributed by atoms with Gasteiger partial charge in [-0.15, -0.1) is 0 Å². The highest BCUT2D eigenvalue weighted by atomic mass is 19.1. The van der Waals surface area contributed by atoms with E-state index in [-0.39, 0.29) is 5.82 Å². The number of aromatic nitrogens is 5. The lowest BCUT2D eigenvalue weighted by Crippen LogP contribution is -2.28. The minimum atomic E-state index is -0.340. The number of fused-ring (bicyclic) bond motifs is 2. The molecule has 4 aromatic rings. The molecule has 0 bridgehead atoms. The molecule has 7 nitrogen and oxygen atoms in total. The number of para-hydroxylation sites is 1. The van der Waals surface area contributed by atoms with Gasteiger partial charge in [0, 0.05) is 23.2 Å². The SMILES string of the molecule is C=C1c2c(C)ccnc2C=C(Cn2nc(C)c3c(N)ncnc32)N1c1ccccc1F. The fraction of sp³-hybridized carbons (Fsp3) is 0.130. The molecule has 31 heavy (non-hydrogen) atoms. The third-order valence-corrected chi connectivity index (χ3v) is 5.48. The maximum atomic E-state index is 14.9. The lowest BCUT2D eigenvalue weighted by molar-refractivity contribution is 0.623. The van der Waals surface area contributed by atoms with Crippen LogP contribution >= 0.6 is 0 Å². The standard InChI is InChI=1S/C23H20FN7/c1-13-8-9-26-18-10-16(11-30-23-21(14(2)29-30)22(25)27-12-28-23)31(15(3)20(13)18)19-7-5-4-6-17(19)24/h4-10,12H,3,11H2,1-2H3,(H2,25,27,28). The first kappa shape index (κ1) is 18.9. The van der Waals surface area contributed by atoms with Crippen LogP contribution in [-0.2, 0) is 6.54 Å². The van der Waals surface area contributed by atoms with Gasteiger partial charge in [-0.25, -0.2) is 19.0 Å². The van der Waals surface area contributed by atoms with Crippen LogP contribution in [-0.4, -0.2) is 24.7 Å². The third-order valence-electron chi connectivity index (χ3n) is 5.48. The fourth-order valence-electron chi connectivity index (χ4n) is 4.10. The zero-order valence-corrected chi connectivity index (χ0v) is 17.2. The predicted molar refractivity (Wildman–Crippen MR) is 119 cm³/mol. The molecule has 154 valence electrons. The van der Waals surface area contributed by atoms with Gasteiger partial charge in [0.15, 0.2) is 5.65 Å². The second-order valence-electron chi connectivity index (χ2n) is 7.46. The molecule has 8 heteroatoms. The minimum Gasteiger partial charge on any atom is -0.383 e. The van der Waals surface area contributed by atoms with Gasteiger partial charge in [0.05, 0.1) is 29.0 Å². The number of nitrogens with zero attached hydrogens (tertiary/aromatic N) is 6. The monoisotopic (exact) mass is 413 g/mol. The van der Waals surface area contributed by atoms with Crippen LogP contribution < -0.4 is 10.6 Å². The van der Waals surface area contributed by atoms with Gasteiger partial charge >= 0.3 is 0 Å². The summed E-state index contributed by atoms with van der Waals surface area (Å²) in [5, 5.41) is 5.33. The number of benzene rings is 1. The van der Waals surface area contributed by atoms with Crippen molar-refractivity contribution in [3.05, 3.63) is 83.5 Å². The average molecular weight is 413 g/mol. The summed E-state index contributed by atoms with van der Waals surface area (Å²) in [5.41, 5.74) is 11.9. The van der Waals surface area contributed by atoms with Crippen molar-refractivity contribution in [1.82, 2.24) is 24.7 Å². The Morgan fingerprint density at radius 1 is 1.10 bits per heavy atom. The Morgan fingerprint density at radius 3 is 2.71 bits per heavy atom. The van der Waals surface area contributed by atoms with Gasteiger partial charge in [-0.05, 0) is 43.7 Å². The summed E-state index contributed by atoms with van der Waals surface area (Å²) < 4.78 is 16.6. The molecule has 4 heterocycles. The number of halogens is 1. The molecular weight excluding hydrogens is 393 g/mol. The van der Waals surface area contributed by atoms with Gasteiger partial charge in [0.1, 0.15) is 18.0 Å².